The van der Waals surface area contributed by atoms with Crippen molar-refractivity contribution in [3.8, 4) is 0 Å². The average Bonchev–Trinajstić information content (AvgIpc) is 2.69. The number of carbonyl (C=O) groups excluding carboxylic acids is 1. The number of rotatable bonds is 7. The molecule has 0 spiro atoms. The van der Waals surface area contributed by atoms with Crippen LogP contribution in [0.5, 0.6) is 0 Å². The van der Waals surface area contributed by atoms with Crippen LogP contribution >= 0.6 is 11.8 Å². The van der Waals surface area contributed by atoms with E-state index in [4.69, 9.17) is 0 Å². The summed E-state index contributed by atoms with van der Waals surface area (Å²) in [6.45, 7) is 3.67. The Labute approximate surface area is 176 Å². The van der Waals surface area contributed by atoms with Crippen molar-refractivity contribution < 1.29 is 13.2 Å². The molecule has 3 rings (SSSR count). The van der Waals surface area contributed by atoms with Gasteiger partial charge in [0.15, 0.2) is 0 Å². The zero-order chi connectivity index (χ0) is 20.9. The number of carbonyl (C=O) groups is 1. The molecule has 1 unspecified atom stereocenters. The van der Waals surface area contributed by atoms with Gasteiger partial charge in [0.25, 0.3) is 0 Å². The number of anilines is 1. The van der Waals surface area contributed by atoms with Crippen molar-refractivity contribution in [1.82, 2.24) is 14.7 Å². The molecule has 1 aromatic heterocycles. The summed E-state index contributed by atoms with van der Waals surface area (Å²) in [7, 11) is -3.55. The van der Waals surface area contributed by atoms with E-state index < -0.39 is 10.0 Å². The molecule has 29 heavy (non-hydrogen) atoms. The summed E-state index contributed by atoms with van der Waals surface area (Å²) in [6, 6.07) is 8.10. The third-order valence-electron chi connectivity index (χ3n) is 4.80. The predicted octanol–water partition coefficient (Wildman–Crippen LogP) is 3.52. The Balaban J connectivity index is 1.58. The minimum atomic E-state index is -3.55. The molecule has 156 valence electrons. The van der Waals surface area contributed by atoms with Crippen molar-refractivity contribution in [2.75, 3.05) is 5.32 Å². The zero-order valence-electron chi connectivity index (χ0n) is 16.6. The van der Waals surface area contributed by atoms with Crippen LogP contribution in [0.1, 0.15) is 44.7 Å². The second-order valence-corrected chi connectivity index (χ2v) is 10.3. The lowest BCUT2D eigenvalue weighted by molar-refractivity contribution is -0.115. The van der Waals surface area contributed by atoms with Crippen molar-refractivity contribution in [1.29, 1.82) is 0 Å². The number of thioether (sulfide) groups is 1. The molecule has 1 atom stereocenters. The molecular weight excluding hydrogens is 408 g/mol. The fourth-order valence-electron chi connectivity index (χ4n) is 3.20. The van der Waals surface area contributed by atoms with Crippen molar-refractivity contribution in [2.45, 2.75) is 67.2 Å². The monoisotopic (exact) mass is 434 g/mol. The summed E-state index contributed by atoms with van der Waals surface area (Å²) in [5.74, 6) is -0.179. The van der Waals surface area contributed by atoms with E-state index in [1.165, 1.54) is 36.6 Å². The standard InChI is InChI=1S/C20H26N4O3S2/c1-14-12-19(22-13-21-14)28-15(2)20(25)23-16-8-10-18(11-9-16)29(26,27)24-17-6-4-3-5-7-17/h8-13,15,17,24H,3-7H2,1-2H3,(H,23,25). The van der Waals surface area contributed by atoms with Crippen LogP contribution < -0.4 is 10.0 Å². The minimum Gasteiger partial charge on any atom is -0.325 e. The molecule has 0 aliphatic heterocycles. The van der Waals surface area contributed by atoms with E-state index in [2.05, 4.69) is 20.0 Å². The molecule has 1 amide bonds. The van der Waals surface area contributed by atoms with E-state index in [9.17, 15) is 13.2 Å². The number of amides is 1. The fourth-order valence-corrected chi connectivity index (χ4v) is 5.38. The van der Waals surface area contributed by atoms with Gasteiger partial charge >= 0.3 is 0 Å². The quantitative estimate of drug-likeness (QED) is 0.511. The van der Waals surface area contributed by atoms with Gasteiger partial charge in [0.1, 0.15) is 11.4 Å². The number of aryl methyl sites for hydroxylation is 1. The molecule has 1 aliphatic carbocycles. The Hall–Kier alpha value is -1.97. The molecule has 0 saturated heterocycles. The van der Waals surface area contributed by atoms with Gasteiger partial charge in [-0.25, -0.2) is 23.1 Å². The summed E-state index contributed by atoms with van der Waals surface area (Å²) >= 11 is 1.34. The molecule has 0 bridgehead atoms. The van der Waals surface area contributed by atoms with Crippen LogP contribution in [0.15, 0.2) is 46.6 Å². The maximum Gasteiger partial charge on any atom is 0.240 e. The summed E-state index contributed by atoms with van der Waals surface area (Å²) in [5.41, 5.74) is 1.40. The molecule has 9 heteroatoms. The Kier molecular flexibility index (Phi) is 7.26. The highest BCUT2D eigenvalue weighted by molar-refractivity contribution is 8.00. The van der Waals surface area contributed by atoms with Gasteiger partial charge in [-0.2, -0.15) is 0 Å². The average molecular weight is 435 g/mol. The van der Waals surface area contributed by atoms with E-state index >= 15 is 0 Å². The van der Waals surface area contributed by atoms with E-state index in [1.54, 1.807) is 19.1 Å². The number of aromatic nitrogens is 2. The summed E-state index contributed by atoms with van der Waals surface area (Å²) < 4.78 is 27.9. The van der Waals surface area contributed by atoms with E-state index in [1.807, 2.05) is 13.0 Å². The first kappa shape index (κ1) is 21.7. The lowest BCUT2D eigenvalue weighted by Gasteiger charge is -2.22. The smallest absolute Gasteiger partial charge is 0.240 e. The van der Waals surface area contributed by atoms with Gasteiger partial charge < -0.3 is 5.32 Å². The Morgan fingerprint density at radius 2 is 1.83 bits per heavy atom. The normalized spacial score (nSPS) is 16.3. The Morgan fingerprint density at radius 3 is 2.48 bits per heavy atom. The minimum absolute atomic E-state index is 0.0106. The van der Waals surface area contributed by atoms with Gasteiger partial charge in [-0.1, -0.05) is 31.0 Å². The van der Waals surface area contributed by atoms with Crippen LogP contribution in [0.3, 0.4) is 0 Å². The highest BCUT2D eigenvalue weighted by Crippen LogP contribution is 2.23. The lowest BCUT2D eigenvalue weighted by atomic mass is 9.96. The Bertz CT molecular complexity index is 942. The van der Waals surface area contributed by atoms with Gasteiger partial charge in [0, 0.05) is 17.4 Å². The number of hydrogen-bond acceptors (Lipinski definition) is 6. The SMILES string of the molecule is Cc1cc(SC(C)C(=O)Nc2ccc(S(=O)(=O)NC3CCCCC3)cc2)ncn1. The van der Waals surface area contributed by atoms with Crippen LogP contribution in [-0.2, 0) is 14.8 Å². The second kappa shape index (κ2) is 9.69. The molecular formula is C20H26N4O3S2. The van der Waals surface area contributed by atoms with Crippen LogP contribution in [-0.4, -0.2) is 35.6 Å². The van der Waals surface area contributed by atoms with Crippen molar-refractivity contribution in [3.05, 3.63) is 42.4 Å². The van der Waals surface area contributed by atoms with Gasteiger partial charge in [0.2, 0.25) is 15.9 Å². The van der Waals surface area contributed by atoms with Crippen LogP contribution in [0.2, 0.25) is 0 Å². The van der Waals surface area contributed by atoms with Crippen LogP contribution in [0.25, 0.3) is 0 Å². The maximum atomic E-state index is 12.6. The van der Waals surface area contributed by atoms with Crippen molar-refractivity contribution in [3.63, 3.8) is 0 Å². The first-order chi connectivity index (χ1) is 13.8. The topological polar surface area (TPSA) is 101 Å². The van der Waals surface area contributed by atoms with Crippen molar-refractivity contribution in [2.24, 2.45) is 0 Å². The largest absolute Gasteiger partial charge is 0.325 e. The molecule has 1 fully saturated rings. The lowest BCUT2D eigenvalue weighted by Crippen LogP contribution is -2.36. The molecule has 1 saturated carbocycles. The molecule has 2 N–H and O–H groups in total. The maximum absolute atomic E-state index is 12.6. The summed E-state index contributed by atoms with van der Waals surface area (Å²) in [5, 5.41) is 3.19. The van der Waals surface area contributed by atoms with Gasteiger partial charge in [-0.05, 0) is 57.0 Å². The highest BCUT2D eigenvalue weighted by atomic mass is 32.2. The molecule has 2 aromatic rings. The van der Waals surface area contributed by atoms with E-state index in [-0.39, 0.29) is 22.1 Å². The number of hydrogen-bond donors (Lipinski definition) is 2. The first-order valence-electron chi connectivity index (χ1n) is 9.72. The number of nitrogens with one attached hydrogen (secondary N) is 2. The Morgan fingerprint density at radius 1 is 1.14 bits per heavy atom. The van der Waals surface area contributed by atoms with Gasteiger partial charge in [-0.3, -0.25) is 4.79 Å². The van der Waals surface area contributed by atoms with Crippen LogP contribution in [0.4, 0.5) is 5.69 Å². The van der Waals surface area contributed by atoms with Crippen LogP contribution in [0, 0.1) is 6.92 Å². The zero-order valence-corrected chi connectivity index (χ0v) is 18.2. The molecule has 7 nitrogen and oxygen atoms in total. The third kappa shape index (κ3) is 6.25. The summed E-state index contributed by atoms with van der Waals surface area (Å²) in [4.78, 5) is 20.8. The van der Waals surface area contributed by atoms with E-state index in [0.717, 1.165) is 36.4 Å². The van der Waals surface area contributed by atoms with E-state index in [0.29, 0.717) is 5.69 Å². The molecule has 1 aromatic carbocycles. The molecule has 1 heterocycles. The third-order valence-corrected chi connectivity index (χ3v) is 7.37. The molecule has 0 radical (unpaired) electrons. The summed E-state index contributed by atoms with van der Waals surface area (Å²) in [6.07, 6.45) is 6.53. The predicted molar refractivity (Wildman–Crippen MR) is 114 cm³/mol. The fraction of sp³-hybridized carbons (Fsp3) is 0.450. The number of nitrogens with zero attached hydrogens (tertiary/aromatic N) is 2. The van der Waals surface area contributed by atoms with Gasteiger partial charge in [-0.15, -0.1) is 0 Å². The van der Waals surface area contributed by atoms with Crippen molar-refractivity contribution >= 4 is 33.4 Å². The number of benzene rings is 1. The van der Waals surface area contributed by atoms with Gasteiger partial charge in [0.05, 0.1) is 10.1 Å². The second-order valence-electron chi connectivity index (χ2n) is 7.23. The first-order valence-corrected chi connectivity index (χ1v) is 12.1. The highest BCUT2D eigenvalue weighted by Gasteiger charge is 2.22. The number of sulfonamides is 1. The molecule has 1 aliphatic rings.